The van der Waals surface area contributed by atoms with Gasteiger partial charge in [0.2, 0.25) is 0 Å². The minimum absolute atomic E-state index is 0.725. The number of nitrogens with zero attached hydrogens (tertiary/aromatic N) is 3. The van der Waals surface area contributed by atoms with Crippen LogP contribution in [-0.2, 0) is 0 Å². The number of rotatable bonds is 2. The summed E-state index contributed by atoms with van der Waals surface area (Å²) in [6.07, 6.45) is 0. The second-order valence-electron chi connectivity index (χ2n) is 4.69. The molecule has 0 spiro atoms. The van der Waals surface area contributed by atoms with Gasteiger partial charge in [-0.1, -0.05) is 48.5 Å². The van der Waals surface area contributed by atoms with Gasteiger partial charge < -0.3 is 4.90 Å². The third-order valence-corrected chi connectivity index (χ3v) is 2.94. The van der Waals surface area contributed by atoms with E-state index < -0.39 is 0 Å². The third-order valence-electron chi connectivity index (χ3n) is 2.94. The van der Waals surface area contributed by atoms with Crippen LogP contribution >= 0.6 is 0 Å². The van der Waals surface area contributed by atoms with Crippen molar-refractivity contribution in [3.8, 4) is 0 Å². The molecule has 0 aliphatic rings. The molecule has 2 rings (SSSR count). The molecule has 0 fully saturated rings. The maximum atomic E-state index is 4.65. The van der Waals surface area contributed by atoms with Crippen LogP contribution in [0, 0.1) is 0 Å². The zero-order valence-electron chi connectivity index (χ0n) is 12.1. The molecule has 0 amide bonds. The Morgan fingerprint density at radius 2 is 1.40 bits per heavy atom. The second kappa shape index (κ2) is 6.66. The van der Waals surface area contributed by atoms with Gasteiger partial charge in [0, 0.05) is 19.7 Å². The lowest BCUT2D eigenvalue weighted by Crippen LogP contribution is -2.20. The van der Waals surface area contributed by atoms with Crippen LogP contribution in [0.4, 0.5) is 5.69 Å². The summed E-state index contributed by atoms with van der Waals surface area (Å²) in [5.41, 5.74) is 1.92. The lowest BCUT2D eigenvalue weighted by Gasteiger charge is -2.12. The Balaban J connectivity index is 2.45. The largest absolute Gasteiger partial charge is 0.366 e. The van der Waals surface area contributed by atoms with E-state index >= 15 is 0 Å². The van der Waals surface area contributed by atoms with Crippen LogP contribution in [0.25, 0.3) is 0 Å². The van der Waals surface area contributed by atoms with Crippen molar-refractivity contribution in [1.82, 2.24) is 4.90 Å². The smallest absolute Gasteiger partial charge is 0.161 e. The molecule has 0 unspecified atom stereocenters. The van der Waals surface area contributed by atoms with E-state index in [4.69, 9.17) is 0 Å². The lowest BCUT2D eigenvalue weighted by atomic mass is 10.2. The van der Waals surface area contributed by atoms with Crippen molar-refractivity contribution >= 4 is 17.4 Å². The molecule has 3 nitrogen and oxygen atoms in total. The predicted octanol–water partition coefficient (Wildman–Crippen LogP) is 3.74. The molecule has 0 aliphatic heterocycles. The van der Waals surface area contributed by atoms with Crippen LogP contribution < -0.4 is 0 Å². The van der Waals surface area contributed by atoms with Crippen LogP contribution in [0.2, 0.25) is 0 Å². The lowest BCUT2D eigenvalue weighted by molar-refractivity contribution is 0.619. The Kier molecular flexibility index (Phi) is 4.66. The van der Waals surface area contributed by atoms with Gasteiger partial charge in [0.05, 0.1) is 5.69 Å². The van der Waals surface area contributed by atoms with E-state index in [0.29, 0.717) is 0 Å². The summed E-state index contributed by atoms with van der Waals surface area (Å²) in [7, 11) is 3.95. The molecule has 0 atom stereocenters. The number of hydrogen-bond donors (Lipinski definition) is 0. The SMILES string of the molecule is CC(=NC(=Nc1ccccc1)c1ccccc1)N(C)C. The van der Waals surface area contributed by atoms with Gasteiger partial charge in [0.25, 0.3) is 0 Å². The molecule has 2 aromatic carbocycles. The summed E-state index contributed by atoms with van der Waals surface area (Å²) in [6.45, 7) is 1.98. The average molecular weight is 265 g/mol. The summed E-state index contributed by atoms with van der Waals surface area (Å²) in [5, 5.41) is 0. The Morgan fingerprint density at radius 1 is 0.850 bits per heavy atom. The Labute approximate surface area is 120 Å². The van der Waals surface area contributed by atoms with E-state index in [1.165, 1.54) is 0 Å². The van der Waals surface area contributed by atoms with Gasteiger partial charge in [-0.2, -0.15) is 0 Å². The maximum absolute atomic E-state index is 4.65. The van der Waals surface area contributed by atoms with Gasteiger partial charge in [-0.15, -0.1) is 0 Å². The highest BCUT2D eigenvalue weighted by molar-refractivity contribution is 6.06. The zero-order valence-corrected chi connectivity index (χ0v) is 12.1. The fourth-order valence-corrected chi connectivity index (χ4v) is 1.62. The molecule has 0 aliphatic carbocycles. The first-order valence-electron chi connectivity index (χ1n) is 6.58. The fourth-order valence-electron chi connectivity index (χ4n) is 1.62. The minimum Gasteiger partial charge on any atom is -0.366 e. The van der Waals surface area contributed by atoms with E-state index in [1.54, 1.807) is 0 Å². The molecule has 0 bridgehead atoms. The minimum atomic E-state index is 0.725. The van der Waals surface area contributed by atoms with E-state index in [9.17, 15) is 0 Å². The van der Waals surface area contributed by atoms with Crippen LogP contribution in [0.1, 0.15) is 12.5 Å². The molecule has 0 aromatic heterocycles. The molecule has 0 radical (unpaired) electrons. The van der Waals surface area contributed by atoms with Crippen molar-refractivity contribution in [3.63, 3.8) is 0 Å². The highest BCUT2D eigenvalue weighted by Crippen LogP contribution is 2.14. The first-order valence-corrected chi connectivity index (χ1v) is 6.58. The van der Waals surface area contributed by atoms with Crippen molar-refractivity contribution in [2.24, 2.45) is 9.98 Å². The molecule has 0 N–H and O–H groups in total. The van der Waals surface area contributed by atoms with E-state index in [2.05, 4.69) is 9.98 Å². The Morgan fingerprint density at radius 3 is 1.95 bits per heavy atom. The number of para-hydroxylation sites is 1. The van der Waals surface area contributed by atoms with Crippen molar-refractivity contribution in [2.45, 2.75) is 6.92 Å². The first-order chi connectivity index (χ1) is 9.66. The number of aliphatic imine (C=N–C) groups is 2. The summed E-state index contributed by atoms with van der Waals surface area (Å²) < 4.78 is 0. The van der Waals surface area contributed by atoms with Gasteiger partial charge in [-0.25, -0.2) is 9.98 Å². The second-order valence-corrected chi connectivity index (χ2v) is 4.69. The molecule has 102 valence electrons. The first kappa shape index (κ1) is 14.0. The molecule has 2 aromatic rings. The van der Waals surface area contributed by atoms with Crippen molar-refractivity contribution < 1.29 is 0 Å². The van der Waals surface area contributed by atoms with Gasteiger partial charge in [-0.3, -0.25) is 0 Å². The summed E-state index contributed by atoms with van der Waals surface area (Å²) in [5.74, 6) is 1.64. The Hall–Kier alpha value is -2.42. The average Bonchev–Trinajstić information content (AvgIpc) is 2.48. The summed E-state index contributed by atoms with van der Waals surface area (Å²) in [6, 6.07) is 19.9. The van der Waals surface area contributed by atoms with Gasteiger partial charge in [0.1, 0.15) is 5.84 Å². The van der Waals surface area contributed by atoms with Crippen molar-refractivity contribution in [2.75, 3.05) is 14.1 Å². The van der Waals surface area contributed by atoms with Gasteiger partial charge in [0.15, 0.2) is 5.84 Å². The molecule has 0 heterocycles. The molecule has 0 saturated carbocycles. The number of amidine groups is 2. The van der Waals surface area contributed by atoms with E-state index in [1.807, 2.05) is 86.6 Å². The molecule has 20 heavy (non-hydrogen) atoms. The Bertz CT molecular complexity index is 599. The quantitative estimate of drug-likeness (QED) is 0.600. The highest BCUT2D eigenvalue weighted by atomic mass is 15.1. The maximum Gasteiger partial charge on any atom is 0.161 e. The topological polar surface area (TPSA) is 28.0 Å². The number of hydrogen-bond acceptors (Lipinski definition) is 1. The van der Waals surface area contributed by atoms with Crippen molar-refractivity contribution in [1.29, 1.82) is 0 Å². The van der Waals surface area contributed by atoms with Crippen LogP contribution in [0.3, 0.4) is 0 Å². The zero-order chi connectivity index (χ0) is 14.4. The molecular weight excluding hydrogens is 246 g/mol. The van der Waals surface area contributed by atoms with Crippen molar-refractivity contribution in [3.05, 3.63) is 66.2 Å². The van der Waals surface area contributed by atoms with Crippen LogP contribution in [0.15, 0.2) is 70.6 Å². The summed E-state index contributed by atoms with van der Waals surface area (Å²) >= 11 is 0. The highest BCUT2D eigenvalue weighted by Gasteiger charge is 2.04. The molecular formula is C17H19N3. The predicted molar refractivity (Wildman–Crippen MR) is 85.9 cm³/mol. The number of benzene rings is 2. The van der Waals surface area contributed by atoms with Crippen LogP contribution in [-0.4, -0.2) is 30.7 Å². The molecule has 0 saturated heterocycles. The normalized spacial score (nSPS) is 12.3. The third kappa shape index (κ3) is 3.79. The fraction of sp³-hybridized carbons (Fsp3) is 0.176. The monoisotopic (exact) mass is 265 g/mol. The van der Waals surface area contributed by atoms with E-state index in [0.717, 1.165) is 22.9 Å². The summed E-state index contributed by atoms with van der Waals surface area (Å²) in [4.78, 5) is 11.3. The van der Waals surface area contributed by atoms with Gasteiger partial charge >= 0.3 is 0 Å². The standard InChI is InChI=1S/C17H19N3/c1-14(20(2)3)18-17(15-10-6-4-7-11-15)19-16-12-8-5-9-13-16/h4-13H,1-3H3. The van der Waals surface area contributed by atoms with Crippen LogP contribution in [0.5, 0.6) is 0 Å². The van der Waals surface area contributed by atoms with E-state index in [-0.39, 0.29) is 0 Å². The van der Waals surface area contributed by atoms with Gasteiger partial charge in [-0.05, 0) is 19.1 Å². The molecule has 3 heteroatoms.